The van der Waals surface area contributed by atoms with Crippen molar-refractivity contribution in [1.82, 2.24) is 0 Å². The van der Waals surface area contributed by atoms with Crippen molar-refractivity contribution in [2.75, 3.05) is 4.90 Å². The highest BCUT2D eigenvalue weighted by molar-refractivity contribution is 7.26. The molecule has 0 bridgehead atoms. The summed E-state index contributed by atoms with van der Waals surface area (Å²) in [6.45, 7) is 4.80. The molecule has 11 rings (SSSR count). The second-order valence-electron chi connectivity index (χ2n) is 15.6. The van der Waals surface area contributed by atoms with Gasteiger partial charge in [0, 0.05) is 48.1 Å². The van der Waals surface area contributed by atoms with E-state index in [1.807, 2.05) is 11.3 Å². The molecular formula is C55H39NS. The van der Waals surface area contributed by atoms with Crippen LogP contribution in [-0.4, -0.2) is 0 Å². The topological polar surface area (TPSA) is 3.24 Å². The molecule has 57 heavy (non-hydrogen) atoms. The fourth-order valence-electron chi connectivity index (χ4n) is 9.44. The molecule has 0 saturated carbocycles. The molecule has 10 aromatic rings. The molecule has 0 amide bonds. The van der Waals surface area contributed by atoms with Crippen LogP contribution in [0.3, 0.4) is 0 Å². The van der Waals surface area contributed by atoms with Crippen molar-refractivity contribution in [3.05, 3.63) is 211 Å². The minimum Gasteiger partial charge on any atom is -0.309 e. The number of anilines is 3. The average Bonchev–Trinajstić information content (AvgIpc) is 3.77. The van der Waals surface area contributed by atoms with Gasteiger partial charge in [-0.2, -0.15) is 0 Å². The lowest BCUT2D eigenvalue weighted by Gasteiger charge is -2.33. The first-order chi connectivity index (χ1) is 28.1. The minimum atomic E-state index is -0.203. The van der Waals surface area contributed by atoms with Crippen LogP contribution < -0.4 is 4.90 Å². The molecule has 0 atom stereocenters. The van der Waals surface area contributed by atoms with Crippen molar-refractivity contribution in [3.63, 3.8) is 0 Å². The maximum absolute atomic E-state index is 2.53. The lowest BCUT2D eigenvalue weighted by Crippen LogP contribution is -2.17. The first kappa shape index (κ1) is 33.6. The Morgan fingerprint density at radius 1 is 0.386 bits per heavy atom. The monoisotopic (exact) mass is 745 g/mol. The standard InChI is InChI=1S/C55H39NS/c1-55(2)48-26-13-11-23-47(48)51-52(55)45-22-10-9-21-44(45)50(39-18-7-4-8-19-39)53(51)56(40-32-28-37(29-33-40)36-16-5-3-6-17-36)41-34-30-38(31-35-41)42-24-15-25-46-43-20-12-14-27-49(43)57-54(42)46/h3-35H,1-2H3. The van der Waals surface area contributed by atoms with Crippen LogP contribution in [-0.2, 0) is 5.41 Å². The van der Waals surface area contributed by atoms with Gasteiger partial charge in [-0.1, -0.05) is 184 Å². The lowest BCUT2D eigenvalue weighted by atomic mass is 9.78. The molecule has 0 N–H and O–H groups in total. The van der Waals surface area contributed by atoms with Crippen molar-refractivity contribution < 1.29 is 0 Å². The highest BCUT2D eigenvalue weighted by Gasteiger charge is 2.41. The predicted octanol–water partition coefficient (Wildman–Crippen LogP) is 16.0. The summed E-state index contributed by atoms with van der Waals surface area (Å²) < 4.78 is 2.65. The van der Waals surface area contributed by atoms with Gasteiger partial charge >= 0.3 is 0 Å². The van der Waals surface area contributed by atoms with Crippen LogP contribution in [0.4, 0.5) is 17.1 Å². The van der Waals surface area contributed by atoms with Gasteiger partial charge in [0.15, 0.2) is 0 Å². The summed E-state index contributed by atoms with van der Waals surface area (Å²) in [5, 5.41) is 5.21. The Morgan fingerprint density at radius 2 is 0.912 bits per heavy atom. The molecule has 1 aromatic heterocycles. The normalized spacial score (nSPS) is 12.9. The highest BCUT2D eigenvalue weighted by atomic mass is 32.1. The Morgan fingerprint density at radius 3 is 1.63 bits per heavy atom. The molecule has 9 aromatic carbocycles. The molecule has 1 nitrogen and oxygen atoms in total. The van der Waals surface area contributed by atoms with E-state index in [2.05, 4.69) is 219 Å². The maximum Gasteiger partial charge on any atom is 0.0628 e. The SMILES string of the molecule is CC1(C)c2ccccc2-c2c(N(c3ccc(-c4ccccc4)cc3)c3ccc(-c4cccc5c4sc4ccccc45)cc3)c(-c3ccccc3)c3ccccc3c21. The maximum atomic E-state index is 2.53. The van der Waals surface area contributed by atoms with Crippen LogP contribution in [0.5, 0.6) is 0 Å². The summed E-state index contributed by atoms with van der Waals surface area (Å²) >= 11 is 1.88. The van der Waals surface area contributed by atoms with Crippen LogP contribution in [0.25, 0.3) is 75.5 Å². The zero-order valence-electron chi connectivity index (χ0n) is 31.9. The first-order valence-corrected chi connectivity index (χ1v) is 20.6. The van der Waals surface area contributed by atoms with E-state index < -0.39 is 0 Å². The molecule has 1 heterocycles. The molecular weight excluding hydrogens is 707 g/mol. The van der Waals surface area contributed by atoms with Crippen LogP contribution in [0, 0.1) is 0 Å². The predicted molar refractivity (Wildman–Crippen MR) is 245 cm³/mol. The summed E-state index contributed by atoms with van der Waals surface area (Å²) in [5.41, 5.74) is 15.9. The fourth-order valence-corrected chi connectivity index (χ4v) is 10.7. The molecule has 0 spiro atoms. The molecule has 1 aliphatic rings. The second-order valence-corrected chi connectivity index (χ2v) is 16.7. The van der Waals surface area contributed by atoms with E-state index in [0.717, 1.165) is 11.4 Å². The smallest absolute Gasteiger partial charge is 0.0628 e. The van der Waals surface area contributed by atoms with E-state index in [1.54, 1.807) is 0 Å². The van der Waals surface area contributed by atoms with Crippen molar-refractivity contribution in [3.8, 4) is 44.5 Å². The van der Waals surface area contributed by atoms with E-state index in [1.165, 1.54) is 92.3 Å². The van der Waals surface area contributed by atoms with Gasteiger partial charge in [-0.25, -0.2) is 0 Å². The Bertz CT molecular complexity index is 3120. The largest absolute Gasteiger partial charge is 0.309 e. The average molecular weight is 746 g/mol. The summed E-state index contributed by atoms with van der Waals surface area (Å²) in [4.78, 5) is 2.53. The Hall–Kier alpha value is -6.74. The molecule has 0 radical (unpaired) electrons. The quantitative estimate of drug-likeness (QED) is 0.164. The number of benzene rings is 9. The van der Waals surface area contributed by atoms with Crippen LogP contribution in [0.2, 0.25) is 0 Å². The molecule has 0 fully saturated rings. The van der Waals surface area contributed by atoms with Crippen LogP contribution in [0.1, 0.15) is 25.0 Å². The molecule has 2 heteroatoms. The van der Waals surface area contributed by atoms with E-state index in [-0.39, 0.29) is 5.41 Å². The van der Waals surface area contributed by atoms with Crippen molar-refractivity contribution in [1.29, 1.82) is 0 Å². The first-order valence-electron chi connectivity index (χ1n) is 19.8. The molecule has 0 saturated heterocycles. The third kappa shape index (κ3) is 5.29. The molecule has 0 aliphatic heterocycles. The zero-order chi connectivity index (χ0) is 38.1. The van der Waals surface area contributed by atoms with E-state index in [4.69, 9.17) is 0 Å². The summed E-state index contributed by atoms with van der Waals surface area (Å²) in [6, 6.07) is 73.7. The van der Waals surface area contributed by atoms with Gasteiger partial charge in [-0.05, 0) is 85.6 Å². The molecule has 0 unspecified atom stereocenters. The number of rotatable bonds is 6. The Labute approximate surface area is 337 Å². The summed E-state index contributed by atoms with van der Waals surface area (Å²) in [5.74, 6) is 0. The van der Waals surface area contributed by atoms with Crippen molar-refractivity contribution in [2.45, 2.75) is 19.3 Å². The number of thiophene rings is 1. The zero-order valence-corrected chi connectivity index (χ0v) is 32.7. The number of nitrogens with zero attached hydrogens (tertiary/aromatic N) is 1. The van der Waals surface area contributed by atoms with Crippen molar-refractivity contribution >= 4 is 59.3 Å². The second kappa shape index (κ2) is 13.2. The number of hydrogen-bond donors (Lipinski definition) is 0. The lowest BCUT2D eigenvalue weighted by molar-refractivity contribution is 0.666. The van der Waals surface area contributed by atoms with E-state index in [0.29, 0.717) is 0 Å². The summed E-state index contributed by atoms with van der Waals surface area (Å²) in [7, 11) is 0. The Kier molecular flexibility index (Phi) is 7.77. The van der Waals surface area contributed by atoms with Gasteiger partial charge in [-0.3, -0.25) is 0 Å². The van der Waals surface area contributed by atoms with E-state index >= 15 is 0 Å². The Balaban J connectivity index is 1.20. The minimum absolute atomic E-state index is 0.203. The highest BCUT2D eigenvalue weighted by Crippen LogP contribution is 2.60. The van der Waals surface area contributed by atoms with Gasteiger partial charge in [0.25, 0.3) is 0 Å². The molecule has 270 valence electrons. The van der Waals surface area contributed by atoms with E-state index in [9.17, 15) is 0 Å². The van der Waals surface area contributed by atoms with Gasteiger partial charge in [-0.15, -0.1) is 11.3 Å². The van der Waals surface area contributed by atoms with Gasteiger partial charge < -0.3 is 4.90 Å². The van der Waals surface area contributed by atoms with Gasteiger partial charge in [0.2, 0.25) is 0 Å². The summed E-state index contributed by atoms with van der Waals surface area (Å²) in [6.07, 6.45) is 0. The number of hydrogen-bond acceptors (Lipinski definition) is 2. The van der Waals surface area contributed by atoms with Gasteiger partial charge in [0.05, 0.1) is 5.69 Å². The van der Waals surface area contributed by atoms with Crippen molar-refractivity contribution in [2.24, 2.45) is 0 Å². The third-order valence-corrected chi connectivity index (χ3v) is 13.3. The fraction of sp³-hybridized carbons (Fsp3) is 0.0545. The third-order valence-electron chi connectivity index (χ3n) is 12.0. The van der Waals surface area contributed by atoms with Crippen LogP contribution >= 0.6 is 11.3 Å². The number of fused-ring (bicyclic) bond motifs is 8. The molecule has 1 aliphatic carbocycles. The van der Waals surface area contributed by atoms with Gasteiger partial charge in [0.1, 0.15) is 0 Å². The van der Waals surface area contributed by atoms with Crippen LogP contribution in [0.15, 0.2) is 200 Å².